The molecule has 200 valence electrons. The monoisotopic (exact) mass is 521 g/mol. The zero-order valence-corrected chi connectivity index (χ0v) is 21.1. The Morgan fingerprint density at radius 1 is 1.11 bits per heavy atom. The third-order valence-corrected chi connectivity index (χ3v) is 6.31. The Hall–Kier alpha value is -4.21. The molecule has 0 radical (unpaired) electrons. The molecule has 1 fully saturated rings. The molecule has 1 saturated carbocycles. The summed E-state index contributed by atoms with van der Waals surface area (Å²) < 4.78 is 13.4. The lowest BCUT2D eigenvalue weighted by atomic mass is 10.1. The summed E-state index contributed by atoms with van der Waals surface area (Å²) >= 11 is 0. The van der Waals surface area contributed by atoms with Crippen LogP contribution in [0.2, 0.25) is 0 Å². The molecule has 0 unspecified atom stereocenters. The number of carboxylic acids is 1. The molecule has 5 rings (SSSR count). The number of anilines is 2. The molecular formula is C28H32FN5O4. The normalized spacial score (nSPS) is 13.8. The van der Waals surface area contributed by atoms with Gasteiger partial charge in [-0.05, 0) is 67.5 Å². The zero-order valence-electron chi connectivity index (χ0n) is 21.1. The smallest absolute Gasteiger partial charge is 0.305 e. The average molecular weight is 522 g/mol. The standard InChI is InChI=1S/C22H27N5O4.C6H5F/c28-19(23-11-9-20(29)30)13-27-18(14-3-4-14)8-7-17(22(27)31)25-12-16-6-5-15-2-1-10-24-21(15)26-16;7-6-4-2-1-3-5-6/h5-8,14,25H,1-4,9-13H2,(H,23,28)(H,24,26)(H,29,30);1-5H. The van der Waals surface area contributed by atoms with Crippen LogP contribution >= 0.6 is 0 Å². The van der Waals surface area contributed by atoms with Gasteiger partial charge in [0.05, 0.1) is 18.7 Å². The van der Waals surface area contributed by atoms with Crippen molar-refractivity contribution in [2.24, 2.45) is 0 Å². The van der Waals surface area contributed by atoms with Crippen molar-refractivity contribution in [1.29, 1.82) is 0 Å². The molecule has 38 heavy (non-hydrogen) atoms. The second-order valence-corrected chi connectivity index (χ2v) is 9.32. The van der Waals surface area contributed by atoms with Crippen molar-refractivity contribution in [2.75, 3.05) is 23.7 Å². The van der Waals surface area contributed by atoms with E-state index in [-0.39, 0.29) is 36.8 Å². The summed E-state index contributed by atoms with van der Waals surface area (Å²) in [6, 6.07) is 15.6. The van der Waals surface area contributed by atoms with Crippen molar-refractivity contribution in [3.63, 3.8) is 0 Å². The Bertz CT molecular complexity index is 1320. The van der Waals surface area contributed by atoms with Crippen molar-refractivity contribution in [1.82, 2.24) is 14.9 Å². The van der Waals surface area contributed by atoms with Crippen molar-refractivity contribution in [3.05, 3.63) is 87.7 Å². The maximum Gasteiger partial charge on any atom is 0.305 e. The fraction of sp³-hybridized carbons (Fsp3) is 0.357. The number of pyridine rings is 2. The maximum atomic E-state index is 13.1. The quantitative estimate of drug-likeness (QED) is 0.340. The van der Waals surface area contributed by atoms with E-state index in [1.165, 1.54) is 22.3 Å². The number of fused-ring (bicyclic) bond motifs is 1. The minimum absolute atomic E-state index is 0.0393. The van der Waals surface area contributed by atoms with Gasteiger partial charge in [-0.15, -0.1) is 0 Å². The van der Waals surface area contributed by atoms with Gasteiger partial charge in [0.1, 0.15) is 23.9 Å². The number of nitrogens with zero attached hydrogens (tertiary/aromatic N) is 2. The van der Waals surface area contributed by atoms with Crippen LogP contribution in [0.15, 0.2) is 59.4 Å². The summed E-state index contributed by atoms with van der Waals surface area (Å²) in [4.78, 5) is 40.6. The summed E-state index contributed by atoms with van der Waals surface area (Å²) in [6.07, 6.45) is 3.96. The van der Waals surface area contributed by atoms with Crippen LogP contribution < -0.4 is 21.5 Å². The molecule has 1 aliphatic carbocycles. The molecule has 9 nitrogen and oxygen atoms in total. The summed E-state index contributed by atoms with van der Waals surface area (Å²) in [5, 5.41) is 17.8. The van der Waals surface area contributed by atoms with E-state index in [2.05, 4.69) is 27.0 Å². The average Bonchev–Trinajstić information content (AvgIpc) is 3.75. The van der Waals surface area contributed by atoms with E-state index in [0.29, 0.717) is 18.2 Å². The second-order valence-electron chi connectivity index (χ2n) is 9.32. The van der Waals surface area contributed by atoms with Crippen molar-refractivity contribution in [2.45, 2.75) is 51.1 Å². The number of carboxylic acid groups (broad SMARTS) is 1. The number of carbonyl (C=O) groups is 2. The Morgan fingerprint density at radius 2 is 1.89 bits per heavy atom. The van der Waals surface area contributed by atoms with Gasteiger partial charge in [-0.3, -0.25) is 14.4 Å². The van der Waals surface area contributed by atoms with Crippen LogP contribution in [0, 0.1) is 5.82 Å². The molecule has 0 atom stereocenters. The molecule has 1 amide bonds. The highest BCUT2D eigenvalue weighted by molar-refractivity contribution is 5.76. The van der Waals surface area contributed by atoms with Gasteiger partial charge in [0, 0.05) is 18.8 Å². The number of halogens is 1. The number of carbonyl (C=O) groups excluding carboxylic acids is 1. The van der Waals surface area contributed by atoms with Crippen molar-refractivity contribution < 1.29 is 19.1 Å². The topological polar surface area (TPSA) is 125 Å². The second kappa shape index (κ2) is 12.8. The van der Waals surface area contributed by atoms with E-state index < -0.39 is 5.97 Å². The number of benzene rings is 1. The van der Waals surface area contributed by atoms with Gasteiger partial charge in [0.2, 0.25) is 5.91 Å². The van der Waals surface area contributed by atoms with Crippen LogP contribution in [0.3, 0.4) is 0 Å². The number of rotatable bonds is 9. The van der Waals surface area contributed by atoms with Gasteiger partial charge in [0.25, 0.3) is 5.56 Å². The lowest BCUT2D eigenvalue weighted by Crippen LogP contribution is -2.35. The minimum atomic E-state index is -0.978. The van der Waals surface area contributed by atoms with Gasteiger partial charge >= 0.3 is 5.97 Å². The third-order valence-electron chi connectivity index (χ3n) is 6.31. The largest absolute Gasteiger partial charge is 0.481 e. The van der Waals surface area contributed by atoms with Crippen molar-refractivity contribution in [3.8, 4) is 0 Å². The first-order chi connectivity index (χ1) is 18.4. The third kappa shape index (κ3) is 7.64. The molecule has 0 spiro atoms. The van der Waals surface area contributed by atoms with E-state index in [0.717, 1.165) is 49.4 Å². The number of aromatic nitrogens is 2. The van der Waals surface area contributed by atoms with Gasteiger partial charge in [-0.25, -0.2) is 9.37 Å². The number of nitrogens with one attached hydrogen (secondary N) is 3. The summed E-state index contributed by atoms with van der Waals surface area (Å²) in [6.45, 7) is 1.23. The zero-order chi connectivity index (χ0) is 26.9. The van der Waals surface area contributed by atoms with Gasteiger partial charge in [-0.2, -0.15) is 0 Å². The highest BCUT2D eigenvalue weighted by atomic mass is 19.1. The first-order valence-electron chi connectivity index (χ1n) is 12.8. The SMILES string of the molecule is Fc1ccccc1.O=C(O)CCNC(=O)Cn1c(C2CC2)ccc(NCc2ccc3c(n2)NCCC3)c1=O. The van der Waals surface area contributed by atoms with Crippen LogP contribution in [0.5, 0.6) is 0 Å². The Balaban J connectivity index is 0.000000417. The van der Waals surface area contributed by atoms with E-state index >= 15 is 0 Å². The molecular weight excluding hydrogens is 489 g/mol. The van der Waals surface area contributed by atoms with Crippen LogP contribution in [-0.4, -0.2) is 39.6 Å². The molecule has 10 heteroatoms. The van der Waals surface area contributed by atoms with Crippen LogP contribution in [0.1, 0.15) is 48.6 Å². The highest BCUT2D eigenvalue weighted by Crippen LogP contribution is 2.39. The number of hydrogen-bond acceptors (Lipinski definition) is 6. The van der Waals surface area contributed by atoms with E-state index in [1.807, 2.05) is 12.1 Å². The fourth-order valence-electron chi connectivity index (χ4n) is 4.20. The van der Waals surface area contributed by atoms with Gasteiger partial charge < -0.3 is 25.6 Å². The number of amides is 1. The maximum absolute atomic E-state index is 13.1. The van der Waals surface area contributed by atoms with Gasteiger partial charge in [-0.1, -0.05) is 24.3 Å². The molecule has 3 heterocycles. The van der Waals surface area contributed by atoms with E-state index in [4.69, 9.17) is 5.11 Å². The van der Waals surface area contributed by atoms with Crippen LogP contribution in [0.25, 0.3) is 0 Å². The number of hydrogen-bond donors (Lipinski definition) is 4. The highest BCUT2D eigenvalue weighted by Gasteiger charge is 2.28. The lowest BCUT2D eigenvalue weighted by Gasteiger charge is -2.18. The minimum Gasteiger partial charge on any atom is -0.481 e. The summed E-state index contributed by atoms with van der Waals surface area (Å²) in [5.74, 6) is -0.326. The summed E-state index contributed by atoms with van der Waals surface area (Å²) in [5.41, 5.74) is 3.04. The predicted molar refractivity (Wildman–Crippen MR) is 143 cm³/mol. The Morgan fingerprint density at radius 3 is 2.58 bits per heavy atom. The fourth-order valence-corrected chi connectivity index (χ4v) is 4.20. The molecule has 4 N–H and O–H groups in total. The van der Waals surface area contributed by atoms with Crippen LogP contribution in [-0.2, 0) is 29.1 Å². The number of aliphatic carboxylic acids is 1. The van der Waals surface area contributed by atoms with E-state index in [9.17, 15) is 18.8 Å². The molecule has 3 aromatic rings. The number of aryl methyl sites for hydroxylation is 1. The first-order valence-corrected chi connectivity index (χ1v) is 12.8. The molecule has 1 aliphatic heterocycles. The first kappa shape index (κ1) is 26.8. The van der Waals surface area contributed by atoms with Crippen molar-refractivity contribution >= 4 is 23.4 Å². The molecule has 2 aliphatic rings. The Labute approximate surface area is 220 Å². The Kier molecular flexibility index (Phi) is 9.07. The molecule has 0 saturated heterocycles. The molecule has 0 bridgehead atoms. The molecule has 2 aromatic heterocycles. The lowest BCUT2D eigenvalue weighted by molar-refractivity contribution is -0.136. The van der Waals surface area contributed by atoms with Crippen LogP contribution in [0.4, 0.5) is 15.9 Å². The summed E-state index contributed by atoms with van der Waals surface area (Å²) in [7, 11) is 0. The molecule has 1 aromatic carbocycles. The predicted octanol–water partition coefficient (Wildman–Crippen LogP) is 3.51. The van der Waals surface area contributed by atoms with E-state index in [1.54, 1.807) is 24.3 Å². The van der Waals surface area contributed by atoms with Gasteiger partial charge in [0.15, 0.2) is 0 Å².